The monoisotopic (exact) mass is 494 g/mol. The largest absolute Gasteiger partial charge is 0.486 e. The third-order valence-electron chi connectivity index (χ3n) is 5.72. The van der Waals surface area contributed by atoms with Crippen LogP contribution in [0.25, 0.3) is 22.3 Å². The third kappa shape index (κ3) is 4.99. The summed E-state index contributed by atoms with van der Waals surface area (Å²) in [5, 5.41) is 0.269. The van der Waals surface area contributed by atoms with Crippen molar-refractivity contribution in [3.8, 4) is 17.1 Å². The molecule has 0 aliphatic heterocycles. The van der Waals surface area contributed by atoms with Crippen molar-refractivity contribution in [1.82, 2.24) is 10.9 Å². The normalized spacial score (nSPS) is 10.7. The van der Waals surface area contributed by atoms with E-state index in [1.165, 1.54) is 12.1 Å². The second-order valence-electron chi connectivity index (χ2n) is 8.21. The summed E-state index contributed by atoms with van der Waals surface area (Å²) in [5.41, 5.74) is 5.83. The van der Waals surface area contributed by atoms with Gasteiger partial charge in [-0.25, -0.2) is 0 Å². The van der Waals surface area contributed by atoms with E-state index in [-0.39, 0.29) is 34.3 Å². The topological polar surface area (TPSA) is 111 Å². The number of hydrazine groups is 1. The lowest BCUT2D eigenvalue weighted by Gasteiger charge is -2.11. The smallest absolute Gasteiger partial charge is 0.305 e. The van der Waals surface area contributed by atoms with Crippen molar-refractivity contribution in [2.75, 3.05) is 0 Å². The lowest BCUT2D eigenvalue weighted by molar-refractivity contribution is 0.0828. The third-order valence-corrected chi connectivity index (χ3v) is 5.72. The molecule has 2 aromatic heterocycles. The van der Waals surface area contributed by atoms with Crippen LogP contribution in [-0.4, -0.2) is 11.8 Å². The number of ether oxygens (including phenoxy) is 1. The summed E-state index contributed by atoms with van der Waals surface area (Å²) in [6.07, 6.45) is 0. The Balaban J connectivity index is 1.31. The summed E-state index contributed by atoms with van der Waals surface area (Å²) in [7, 11) is 0. The number of rotatable bonds is 6. The average molecular weight is 495 g/mol. The van der Waals surface area contributed by atoms with Crippen LogP contribution >= 0.6 is 0 Å². The van der Waals surface area contributed by atoms with E-state index in [0.29, 0.717) is 28.4 Å². The molecule has 0 bridgehead atoms. The molecule has 0 aliphatic rings. The van der Waals surface area contributed by atoms with Crippen molar-refractivity contribution < 1.29 is 23.2 Å². The number of fused-ring (bicyclic) bond motifs is 1. The van der Waals surface area contributed by atoms with Gasteiger partial charge in [-0.2, -0.15) is 0 Å². The van der Waals surface area contributed by atoms with E-state index in [0.717, 1.165) is 0 Å². The maximum absolute atomic E-state index is 13.0. The van der Waals surface area contributed by atoms with Crippen molar-refractivity contribution in [2.24, 2.45) is 0 Å². The molecule has 2 amide bonds. The van der Waals surface area contributed by atoms with Crippen molar-refractivity contribution in [2.45, 2.75) is 13.5 Å². The predicted molar refractivity (Wildman–Crippen MR) is 137 cm³/mol. The molecule has 0 atom stereocenters. The number of carbonyl (C=O) groups is 2. The number of hydrogen-bond donors (Lipinski definition) is 2. The summed E-state index contributed by atoms with van der Waals surface area (Å²) >= 11 is 0. The molecule has 2 N–H and O–H groups in total. The Morgan fingerprint density at radius 3 is 2.24 bits per heavy atom. The Labute approximate surface area is 211 Å². The highest BCUT2D eigenvalue weighted by molar-refractivity contribution is 6.06. The first-order valence-electron chi connectivity index (χ1n) is 11.5. The highest BCUT2D eigenvalue weighted by Gasteiger charge is 2.19. The number of para-hydroxylation sites is 2. The van der Waals surface area contributed by atoms with Gasteiger partial charge in [0.2, 0.25) is 0 Å². The van der Waals surface area contributed by atoms with Crippen LogP contribution in [0.4, 0.5) is 0 Å². The van der Waals surface area contributed by atoms with E-state index in [1.807, 2.05) is 60.7 Å². The molecule has 2 heterocycles. The summed E-state index contributed by atoms with van der Waals surface area (Å²) in [6.45, 7) is 1.82. The lowest BCUT2D eigenvalue weighted by atomic mass is 10.0. The quantitative estimate of drug-likeness (QED) is 0.321. The van der Waals surface area contributed by atoms with Gasteiger partial charge in [0.15, 0.2) is 16.8 Å². The second-order valence-corrected chi connectivity index (χ2v) is 8.21. The van der Waals surface area contributed by atoms with Gasteiger partial charge in [0.25, 0.3) is 5.91 Å². The number of hydrogen-bond acceptors (Lipinski definition) is 6. The lowest BCUT2D eigenvalue weighted by Crippen LogP contribution is -2.41. The minimum absolute atomic E-state index is 0.00148. The minimum atomic E-state index is -0.651. The maximum Gasteiger partial charge on any atom is 0.305 e. The Hall–Kier alpha value is -5.11. The first kappa shape index (κ1) is 23.6. The fourth-order valence-electron chi connectivity index (χ4n) is 3.84. The molecule has 0 radical (unpaired) electrons. The standard InChI is InChI=1S/C29H22N2O6/c1-18-25(32)22-13-8-14-23(27(22)37-26(18)19-9-4-2-5-10-19)28(33)30-31-29(34)24-16-15-21(36-24)17-35-20-11-6-3-7-12-20/h2-16H,17H2,1H3,(H,30,33)(H,31,34). The van der Waals surface area contributed by atoms with Gasteiger partial charge in [0.1, 0.15) is 23.9 Å². The summed E-state index contributed by atoms with van der Waals surface area (Å²) in [4.78, 5) is 38.5. The van der Waals surface area contributed by atoms with E-state index in [1.54, 1.807) is 25.1 Å². The Bertz CT molecular complexity index is 1640. The van der Waals surface area contributed by atoms with E-state index < -0.39 is 11.8 Å². The second kappa shape index (κ2) is 10.2. The Morgan fingerprint density at radius 1 is 0.784 bits per heavy atom. The minimum Gasteiger partial charge on any atom is -0.486 e. The zero-order chi connectivity index (χ0) is 25.8. The molecular formula is C29H22N2O6. The van der Waals surface area contributed by atoms with Crippen LogP contribution in [0.15, 0.2) is 105 Å². The highest BCUT2D eigenvalue weighted by atomic mass is 16.5. The van der Waals surface area contributed by atoms with Gasteiger partial charge in [-0.3, -0.25) is 25.2 Å². The van der Waals surface area contributed by atoms with E-state index >= 15 is 0 Å². The molecule has 0 saturated heterocycles. The van der Waals surface area contributed by atoms with Crippen LogP contribution in [0.3, 0.4) is 0 Å². The zero-order valence-electron chi connectivity index (χ0n) is 19.8. The van der Waals surface area contributed by atoms with Gasteiger partial charge in [0.05, 0.1) is 10.9 Å². The average Bonchev–Trinajstić information content (AvgIpc) is 3.42. The zero-order valence-corrected chi connectivity index (χ0v) is 19.8. The molecule has 0 saturated carbocycles. The van der Waals surface area contributed by atoms with E-state index in [9.17, 15) is 14.4 Å². The van der Waals surface area contributed by atoms with Gasteiger partial charge >= 0.3 is 5.91 Å². The van der Waals surface area contributed by atoms with Crippen molar-refractivity contribution in [3.63, 3.8) is 0 Å². The van der Waals surface area contributed by atoms with Crippen LogP contribution in [0.5, 0.6) is 5.75 Å². The van der Waals surface area contributed by atoms with E-state index in [2.05, 4.69) is 10.9 Å². The fourth-order valence-corrected chi connectivity index (χ4v) is 3.84. The van der Waals surface area contributed by atoms with Gasteiger partial charge < -0.3 is 13.6 Å². The van der Waals surface area contributed by atoms with Gasteiger partial charge in [0, 0.05) is 11.1 Å². The first-order valence-corrected chi connectivity index (χ1v) is 11.5. The highest BCUT2D eigenvalue weighted by Crippen LogP contribution is 2.27. The molecule has 0 fully saturated rings. The van der Waals surface area contributed by atoms with E-state index in [4.69, 9.17) is 13.6 Å². The Kier molecular flexibility index (Phi) is 6.54. The fraction of sp³-hybridized carbons (Fsp3) is 0.0690. The molecule has 8 heteroatoms. The van der Waals surface area contributed by atoms with Crippen LogP contribution in [-0.2, 0) is 6.61 Å². The predicted octanol–water partition coefficient (Wildman–Crippen LogP) is 5.02. The maximum atomic E-state index is 13.0. The number of nitrogens with one attached hydrogen (secondary N) is 2. The molecule has 0 aliphatic carbocycles. The molecule has 0 spiro atoms. The van der Waals surface area contributed by atoms with Crippen LogP contribution in [0.1, 0.15) is 32.2 Å². The molecule has 3 aromatic carbocycles. The van der Waals surface area contributed by atoms with Crippen LogP contribution in [0, 0.1) is 6.92 Å². The van der Waals surface area contributed by atoms with Crippen molar-refractivity contribution in [1.29, 1.82) is 0 Å². The molecule has 5 rings (SSSR count). The first-order chi connectivity index (χ1) is 18.0. The van der Waals surface area contributed by atoms with Crippen molar-refractivity contribution >= 4 is 22.8 Å². The molecule has 5 aromatic rings. The molecule has 0 unspecified atom stereocenters. The molecular weight excluding hydrogens is 472 g/mol. The Morgan fingerprint density at radius 2 is 1.49 bits per heavy atom. The number of amides is 2. The SMILES string of the molecule is Cc1c(-c2ccccc2)oc2c(C(=O)NNC(=O)c3ccc(COc4ccccc4)o3)cccc2c1=O. The summed E-state index contributed by atoms with van der Waals surface area (Å²) < 4.78 is 17.2. The van der Waals surface area contributed by atoms with Gasteiger partial charge in [-0.05, 0) is 43.3 Å². The number of furan rings is 1. The summed E-state index contributed by atoms with van der Waals surface area (Å²) in [6, 6.07) is 26.2. The number of benzene rings is 3. The van der Waals surface area contributed by atoms with Gasteiger partial charge in [-0.15, -0.1) is 0 Å². The van der Waals surface area contributed by atoms with Crippen LogP contribution in [0.2, 0.25) is 0 Å². The summed E-state index contributed by atoms with van der Waals surface area (Å²) in [5.74, 6) is 0.192. The number of carbonyl (C=O) groups excluding carboxylic acids is 2. The van der Waals surface area contributed by atoms with Crippen LogP contribution < -0.4 is 21.0 Å². The van der Waals surface area contributed by atoms with Gasteiger partial charge in [-0.1, -0.05) is 54.6 Å². The molecule has 37 heavy (non-hydrogen) atoms. The molecule has 184 valence electrons. The van der Waals surface area contributed by atoms with Crippen molar-refractivity contribution in [3.05, 3.63) is 124 Å². The molecule has 8 nitrogen and oxygen atoms in total.